The number of piperazine rings is 1. The second-order valence-electron chi connectivity index (χ2n) is 7.74. The molecule has 30 heavy (non-hydrogen) atoms. The monoisotopic (exact) mass is 414 g/mol. The van der Waals surface area contributed by atoms with Crippen LogP contribution in [0.2, 0.25) is 0 Å². The van der Waals surface area contributed by atoms with Crippen LogP contribution in [0.4, 0.5) is 0 Å². The van der Waals surface area contributed by atoms with Crippen molar-refractivity contribution in [2.75, 3.05) is 52.9 Å². The summed E-state index contributed by atoms with van der Waals surface area (Å²) in [6, 6.07) is 11.6. The number of fused-ring (bicyclic) bond motifs is 2. The SMILES string of the molecule is OC(COc1ccc2c(c1)OCO2)CN1CCN(Cc2ccc3c(c2)OCO3)CC1. The summed E-state index contributed by atoms with van der Waals surface area (Å²) in [5, 5.41) is 10.4. The molecular formula is C22H26N2O6. The minimum absolute atomic E-state index is 0.238. The van der Waals surface area contributed by atoms with Crippen LogP contribution in [0.25, 0.3) is 0 Å². The summed E-state index contributed by atoms with van der Waals surface area (Å²) in [7, 11) is 0. The molecule has 2 aromatic rings. The Kier molecular flexibility index (Phi) is 5.52. The Morgan fingerprint density at radius 1 is 0.800 bits per heavy atom. The molecule has 2 aromatic carbocycles. The Bertz CT molecular complexity index is 884. The second-order valence-corrected chi connectivity index (χ2v) is 7.74. The summed E-state index contributed by atoms with van der Waals surface area (Å²) in [5.41, 5.74) is 1.23. The molecule has 0 aromatic heterocycles. The molecule has 8 nitrogen and oxygen atoms in total. The number of hydrogen-bond acceptors (Lipinski definition) is 8. The number of aliphatic hydroxyl groups is 1. The average Bonchev–Trinajstić information content (AvgIpc) is 3.42. The predicted octanol–water partition coefficient (Wildman–Crippen LogP) is 1.70. The van der Waals surface area contributed by atoms with Crippen LogP contribution in [0, 0.1) is 0 Å². The fraction of sp³-hybridized carbons (Fsp3) is 0.455. The molecule has 0 bridgehead atoms. The lowest BCUT2D eigenvalue weighted by Crippen LogP contribution is -2.48. The van der Waals surface area contributed by atoms with E-state index in [-0.39, 0.29) is 13.4 Å². The summed E-state index contributed by atoms with van der Waals surface area (Å²) in [6.07, 6.45) is -0.546. The van der Waals surface area contributed by atoms with Crippen LogP contribution in [-0.4, -0.2) is 73.9 Å². The fourth-order valence-corrected chi connectivity index (χ4v) is 3.94. The molecule has 1 fully saturated rings. The Hall–Kier alpha value is -2.68. The van der Waals surface area contributed by atoms with Gasteiger partial charge in [-0.1, -0.05) is 6.07 Å². The lowest BCUT2D eigenvalue weighted by molar-refractivity contribution is 0.0446. The van der Waals surface area contributed by atoms with Crippen LogP contribution in [-0.2, 0) is 6.54 Å². The zero-order chi connectivity index (χ0) is 20.3. The van der Waals surface area contributed by atoms with Crippen molar-refractivity contribution in [3.05, 3.63) is 42.0 Å². The minimum Gasteiger partial charge on any atom is -0.491 e. The highest BCUT2D eigenvalue weighted by Crippen LogP contribution is 2.35. The quantitative estimate of drug-likeness (QED) is 0.734. The van der Waals surface area contributed by atoms with E-state index in [0.29, 0.717) is 24.8 Å². The minimum atomic E-state index is -0.546. The molecule has 0 spiro atoms. The van der Waals surface area contributed by atoms with Crippen LogP contribution in [0.1, 0.15) is 5.56 Å². The summed E-state index contributed by atoms with van der Waals surface area (Å²) < 4.78 is 27.2. The standard InChI is InChI=1S/C22H26N2O6/c25-17(13-26-18-2-4-20-22(10-18)30-15-28-20)12-24-7-5-23(6-8-24)11-16-1-3-19-21(9-16)29-14-27-19/h1-4,9-10,17,25H,5-8,11-15H2. The molecule has 0 amide bonds. The molecule has 0 saturated carbocycles. The zero-order valence-electron chi connectivity index (χ0n) is 16.8. The number of rotatable bonds is 7. The summed E-state index contributed by atoms with van der Waals surface area (Å²) in [4.78, 5) is 4.70. The van der Waals surface area contributed by atoms with E-state index < -0.39 is 6.10 Å². The van der Waals surface area contributed by atoms with Crippen molar-refractivity contribution in [1.29, 1.82) is 0 Å². The first-order valence-electron chi connectivity index (χ1n) is 10.3. The van der Waals surface area contributed by atoms with Crippen LogP contribution >= 0.6 is 0 Å². The van der Waals surface area contributed by atoms with Crippen molar-refractivity contribution in [3.8, 4) is 28.7 Å². The van der Waals surface area contributed by atoms with E-state index in [4.69, 9.17) is 23.7 Å². The topological polar surface area (TPSA) is 72.9 Å². The molecule has 160 valence electrons. The number of β-amino-alcohol motifs (C(OH)–C–C–N with tert-alkyl or cyclic N) is 1. The van der Waals surface area contributed by atoms with Gasteiger partial charge >= 0.3 is 0 Å². The highest BCUT2D eigenvalue weighted by molar-refractivity contribution is 5.47. The van der Waals surface area contributed by atoms with Gasteiger partial charge < -0.3 is 28.8 Å². The Labute approximate surface area is 175 Å². The maximum Gasteiger partial charge on any atom is 0.231 e. The molecule has 8 heteroatoms. The maximum atomic E-state index is 10.4. The van der Waals surface area contributed by atoms with E-state index in [0.717, 1.165) is 50.0 Å². The van der Waals surface area contributed by atoms with Crippen molar-refractivity contribution in [2.24, 2.45) is 0 Å². The lowest BCUT2D eigenvalue weighted by atomic mass is 10.1. The van der Waals surface area contributed by atoms with Crippen molar-refractivity contribution >= 4 is 0 Å². The molecule has 3 aliphatic rings. The van der Waals surface area contributed by atoms with E-state index in [1.165, 1.54) is 5.56 Å². The molecule has 3 aliphatic heterocycles. The first-order valence-corrected chi connectivity index (χ1v) is 10.3. The molecule has 1 atom stereocenters. The predicted molar refractivity (Wildman–Crippen MR) is 108 cm³/mol. The van der Waals surface area contributed by atoms with Crippen LogP contribution in [0.3, 0.4) is 0 Å². The molecule has 1 unspecified atom stereocenters. The second kappa shape index (κ2) is 8.59. The van der Waals surface area contributed by atoms with Gasteiger partial charge in [0.25, 0.3) is 0 Å². The third-order valence-corrected chi connectivity index (χ3v) is 5.56. The number of ether oxygens (including phenoxy) is 5. The lowest BCUT2D eigenvalue weighted by Gasteiger charge is -2.35. The van der Waals surface area contributed by atoms with Crippen LogP contribution in [0.5, 0.6) is 28.7 Å². The third kappa shape index (κ3) is 4.40. The van der Waals surface area contributed by atoms with Gasteiger partial charge in [0.2, 0.25) is 13.6 Å². The van der Waals surface area contributed by atoms with Crippen molar-refractivity contribution < 1.29 is 28.8 Å². The van der Waals surface area contributed by atoms with Gasteiger partial charge in [-0.2, -0.15) is 0 Å². The third-order valence-electron chi connectivity index (χ3n) is 5.56. The average molecular weight is 414 g/mol. The summed E-state index contributed by atoms with van der Waals surface area (Å²) >= 11 is 0. The number of nitrogens with zero attached hydrogens (tertiary/aromatic N) is 2. The van der Waals surface area contributed by atoms with Crippen LogP contribution in [0.15, 0.2) is 36.4 Å². The van der Waals surface area contributed by atoms with Gasteiger partial charge in [0, 0.05) is 45.3 Å². The molecule has 1 saturated heterocycles. The number of aliphatic hydroxyl groups excluding tert-OH is 1. The molecule has 5 rings (SSSR count). The van der Waals surface area contributed by atoms with Crippen molar-refractivity contribution in [3.63, 3.8) is 0 Å². The Morgan fingerprint density at radius 3 is 2.20 bits per heavy atom. The maximum absolute atomic E-state index is 10.4. The summed E-state index contributed by atoms with van der Waals surface area (Å²) in [6.45, 7) is 6.05. The van der Waals surface area contributed by atoms with Gasteiger partial charge in [0.15, 0.2) is 23.0 Å². The molecular weight excluding hydrogens is 388 g/mol. The van der Waals surface area contributed by atoms with Gasteiger partial charge in [-0.15, -0.1) is 0 Å². The highest BCUT2D eigenvalue weighted by Gasteiger charge is 2.21. The number of benzene rings is 2. The van der Waals surface area contributed by atoms with E-state index in [1.807, 2.05) is 18.2 Å². The smallest absolute Gasteiger partial charge is 0.231 e. The highest BCUT2D eigenvalue weighted by atomic mass is 16.7. The van der Waals surface area contributed by atoms with Gasteiger partial charge in [-0.25, -0.2) is 0 Å². The largest absolute Gasteiger partial charge is 0.491 e. The normalized spacial score (nSPS) is 19.1. The number of hydrogen-bond donors (Lipinski definition) is 1. The van der Waals surface area contributed by atoms with Crippen molar-refractivity contribution in [1.82, 2.24) is 9.80 Å². The van der Waals surface area contributed by atoms with Crippen LogP contribution < -0.4 is 23.7 Å². The Morgan fingerprint density at radius 2 is 1.43 bits per heavy atom. The van der Waals surface area contributed by atoms with E-state index in [9.17, 15) is 5.11 Å². The first kappa shape index (κ1) is 19.3. The van der Waals surface area contributed by atoms with E-state index >= 15 is 0 Å². The molecule has 1 N–H and O–H groups in total. The first-order chi connectivity index (χ1) is 14.7. The van der Waals surface area contributed by atoms with Gasteiger partial charge in [0.05, 0.1) is 0 Å². The molecule has 0 aliphatic carbocycles. The Balaban J connectivity index is 1.04. The molecule has 0 radical (unpaired) electrons. The fourth-order valence-electron chi connectivity index (χ4n) is 3.94. The van der Waals surface area contributed by atoms with E-state index in [2.05, 4.69) is 21.9 Å². The van der Waals surface area contributed by atoms with Crippen molar-refractivity contribution in [2.45, 2.75) is 12.6 Å². The zero-order valence-corrected chi connectivity index (χ0v) is 16.8. The van der Waals surface area contributed by atoms with Gasteiger partial charge in [0.1, 0.15) is 18.5 Å². The van der Waals surface area contributed by atoms with E-state index in [1.54, 1.807) is 6.07 Å². The summed E-state index contributed by atoms with van der Waals surface area (Å²) in [5.74, 6) is 3.73. The van der Waals surface area contributed by atoms with Gasteiger partial charge in [-0.3, -0.25) is 9.80 Å². The van der Waals surface area contributed by atoms with Gasteiger partial charge in [-0.05, 0) is 29.8 Å². The molecule has 3 heterocycles.